The summed E-state index contributed by atoms with van der Waals surface area (Å²) in [6, 6.07) is 13.7. The molecule has 0 fully saturated rings. The molecule has 2 N–H and O–H groups in total. The van der Waals surface area contributed by atoms with Crippen molar-refractivity contribution in [2.75, 3.05) is 0 Å². The first-order valence-electron chi connectivity index (χ1n) is 9.63. The molecule has 1 aliphatic heterocycles. The highest BCUT2D eigenvalue weighted by Crippen LogP contribution is 2.31. The number of fused-ring (bicyclic) bond motifs is 2. The highest BCUT2D eigenvalue weighted by Gasteiger charge is 2.19. The van der Waals surface area contributed by atoms with Crippen LogP contribution in [0.5, 0.6) is 0 Å². The summed E-state index contributed by atoms with van der Waals surface area (Å²) in [7, 11) is 0. The van der Waals surface area contributed by atoms with E-state index in [4.69, 9.17) is 0 Å². The summed E-state index contributed by atoms with van der Waals surface area (Å²) in [6.45, 7) is 1.46. The first-order chi connectivity index (χ1) is 14.9. The van der Waals surface area contributed by atoms with Crippen LogP contribution in [-0.4, -0.2) is 15.6 Å². The van der Waals surface area contributed by atoms with Crippen LogP contribution in [0.4, 0.5) is 8.78 Å². The molecule has 0 saturated carbocycles. The van der Waals surface area contributed by atoms with Crippen LogP contribution in [0.15, 0.2) is 65.6 Å². The van der Waals surface area contributed by atoms with E-state index in [0.29, 0.717) is 28.9 Å². The second-order valence-corrected chi connectivity index (χ2v) is 7.46. The minimum absolute atomic E-state index is 0.0618. The van der Waals surface area contributed by atoms with Crippen LogP contribution in [0.1, 0.15) is 21.5 Å². The van der Waals surface area contributed by atoms with Crippen molar-refractivity contribution >= 4 is 16.9 Å². The summed E-state index contributed by atoms with van der Waals surface area (Å²) < 4.78 is 30.0. The van der Waals surface area contributed by atoms with Gasteiger partial charge in [0.15, 0.2) is 0 Å². The van der Waals surface area contributed by atoms with Gasteiger partial charge in [-0.05, 0) is 59.2 Å². The molecule has 0 amide bonds. The van der Waals surface area contributed by atoms with E-state index >= 15 is 4.39 Å². The van der Waals surface area contributed by atoms with Gasteiger partial charge in [-0.25, -0.2) is 13.6 Å². The lowest BCUT2D eigenvalue weighted by molar-refractivity contribution is 0.0695. The standard InChI is InChI=1S/C24H16F2N2O3/c25-16-3-5-17(6-4-16)28-12-20(24(30)31)23(29)19-8-21(26)18(9-22(19)28)13-1-2-14-10-27-11-15(14)7-13/h1-9,12,27H,10-11H2,(H,30,31). The molecule has 1 aliphatic rings. The topological polar surface area (TPSA) is 71.3 Å². The van der Waals surface area contributed by atoms with Gasteiger partial charge in [-0.3, -0.25) is 4.79 Å². The third kappa shape index (κ3) is 3.19. The van der Waals surface area contributed by atoms with Gasteiger partial charge in [0.25, 0.3) is 0 Å². The van der Waals surface area contributed by atoms with Crippen molar-refractivity contribution in [3.05, 3.63) is 99.3 Å². The lowest BCUT2D eigenvalue weighted by atomic mass is 9.98. The van der Waals surface area contributed by atoms with E-state index in [1.54, 1.807) is 0 Å². The number of hydrogen-bond acceptors (Lipinski definition) is 3. The van der Waals surface area contributed by atoms with E-state index in [-0.39, 0.29) is 5.39 Å². The fourth-order valence-corrected chi connectivity index (χ4v) is 4.00. The highest BCUT2D eigenvalue weighted by atomic mass is 19.1. The Morgan fingerprint density at radius 2 is 1.71 bits per heavy atom. The number of pyridine rings is 1. The molecule has 0 aliphatic carbocycles. The van der Waals surface area contributed by atoms with Crippen LogP contribution in [0, 0.1) is 11.6 Å². The van der Waals surface area contributed by atoms with Crippen molar-refractivity contribution in [2.45, 2.75) is 13.1 Å². The van der Waals surface area contributed by atoms with Crippen molar-refractivity contribution in [2.24, 2.45) is 0 Å². The van der Waals surface area contributed by atoms with E-state index in [1.807, 2.05) is 18.2 Å². The Labute approximate surface area is 175 Å². The summed E-state index contributed by atoms with van der Waals surface area (Å²) in [5.74, 6) is -2.49. The Bertz CT molecular complexity index is 1430. The third-order valence-electron chi connectivity index (χ3n) is 5.58. The number of halogens is 2. The number of aromatic carboxylic acids is 1. The molecule has 7 heteroatoms. The first-order valence-corrected chi connectivity index (χ1v) is 9.63. The molecule has 1 aromatic heterocycles. The molecule has 0 saturated heterocycles. The molecule has 0 atom stereocenters. The van der Waals surface area contributed by atoms with Crippen LogP contribution in [-0.2, 0) is 13.1 Å². The highest BCUT2D eigenvalue weighted by molar-refractivity contribution is 5.94. The smallest absolute Gasteiger partial charge is 0.341 e. The van der Waals surface area contributed by atoms with Gasteiger partial charge in [0, 0.05) is 35.9 Å². The maximum absolute atomic E-state index is 15.1. The number of rotatable bonds is 3. The van der Waals surface area contributed by atoms with Gasteiger partial charge in [0.1, 0.15) is 17.2 Å². The molecule has 4 aromatic rings. The number of aromatic nitrogens is 1. The van der Waals surface area contributed by atoms with Crippen molar-refractivity contribution in [3.63, 3.8) is 0 Å². The van der Waals surface area contributed by atoms with Gasteiger partial charge in [-0.1, -0.05) is 12.1 Å². The normalized spacial score (nSPS) is 12.8. The van der Waals surface area contributed by atoms with Crippen LogP contribution >= 0.6 is 0 Å². The van der Waals surface area contributed by atoms with E-state index < -0.39 is 28.6 Å². The molecular formula is C24H16F2N2O3. The van der Waals surface area contributed by atoms with Crippen LogP contribution < -0.4 is 10.7 Å². The third-order valence-corrected chi connectivity index (χ3v) is 5.58. The molecule has 5 rings (SSSR count). The Morgan fingerprint density at radius 1 is 0.968 bits per heavy atom. The molecular weight excluding hydrogens is 402 g/mol. The van der Waals surface area contributed by atoms with Gasteiger partial charge >= 0.3 is 5.97 Å². The predicted molar refractivity (Wildman–Crippen MR) is 112 cm³/mol. The fraction of sp³-hybridized carbons (Fsp3) is 0.0833. The number of nitrogens with one attached hydrogen (secondary N) is 1. The molecule has 5 nitrogen and oxygen atoms in total. The summed E-state index contributed by atoms with van der Waals surface area (Å²) in [5, 5.41) is 12.6. The fourth-order valence-electron chi connectivity index (χ4n) is 4.00. The second kappa shape index (κ2) is 7.14. The maximum Gasteiger partial charge on any atom is 0.341 e. The van der Waals surface area contributed by atoms with Gasteiger partial charge in [0.2, 0.25) is 5.43 Å². The Hall–Kier alpha value is -3.84. The van der Waals surface area contributed by atoms with Gasteiger partial charge < -0.3 is 15.0 Å². The van der Waals surface area contributed by atoms with E-state index in [2.05, 4.69) is 5.32 Å². The summed E-state index contributed by atoms with van der Waals surface area (Å²) >= 11 is 0. The number of nitrogens with zero attached hydrogens (tertiary/aromatic N) is 1. The summed E-state index contributed by atoms with van der Waals surface area (Å²) in [6.07, 6.45) is 1.19. The minimum Gasteiger partial charge on any atom is -0.477 e. The van der Waals surface area contributed by atoms with Crippen LogP contribution in [0.3, 0.4) is 0 Å². The van der Waals surface area contributed by atoms with E-state index in [9.17, 15) is 19.1 Å². The molecule has 3 aromatic carbocycles. The minimum atomic E-state index is -1.42. The second-order valence-electron chi connectivity index (χ2n) is 7.46. The van der Waals surface area contributed by atoms with Crippen molar-refractivity contribution in [3.8, 4) is 16.8 Å². The quantitative estimate of drug-likeness (QED) is 0.522. The maximum atomic E-state index is 15.1. The summed E-state index contributed by atoms with van der Waals surface area (Å²) in [5.41, 5.74) is 2.69. The van der Waals surface area contributed by atoms with Crippen molar-refractivity contribution in [1.82, 2.24) is 9.88 Å². The Balaban J connectivity index is 1.81. The molecule has 0 radical (unpaired) electrons. The summed E-state index contributed by atoms with van der Waals surface area (Å²) in [4.78, 5) is 24.3. The molecule has 31 heavy (non-hydrogen) atoms. The largest absolute Gasteiger partial charge is 0.477 e. The van der Waals surface area contributed by atoms with Crippen molar-refractivity contribution in [1.29, 1.82) is 0 Å². The van der Waals surface area contributed by atoms with E-state index in [0.717, 1.165) is 23.7 Å². The lowest BCUT2D eigenvalue weighted by Crippen LogP contribution is -2.18. The van der Waals surface area contributed by atoms with Gasteiger partial charge in [0.05, 0.1) is 5.52 Å². The molecule has 0 bridgehead atoms. The first kappa shape index (κ1) is 19.1. The zero-order valence-corrected chi connectivity index (χ0v) is 16.2. The number of carboxylic acids is 1. The van der Waals surface area contributed by atoms with Gasteiger partial charge in [-0.2, -0.15) is 0 Å². The predicted octanol–water partition coefficient (Wildman–Crippen LogP) is 4.24. The average Bonchev–Trinajstić information content (AvgIpc) is 3.22. The monoisotopic (exact) mass is 418 g/mol. The lowest BCUT2D eigenvalue weighted by Gasteiger charge is -2.15. The molecule has 0 spiro atoms. The Kier molecular flexibility index (Phi) is 4.41. The average molecular weight is 418 g/mol. The molecule has 154 valence electrons. The van der Waals surface area contributed by atoms with Crippen LogP contribution in [0.25, 0.3) is 27.7 Å². The zero-order chi connectivity index (χ0) is 21.7. The number of carbonyl (C=O) groups is 1. The van der Waals surface area contributed by atoms with Gasteiger partial charge in [-0.15, -0.1) is 0 Å². The number of hydrogen-bond donors (Lipinski definition) is 2. The van der Waals surface area contributed by atoms with E-state index in [1.165, 1.54) is 41.1 Å². The number of carboxylic acid groups (broad SMARTS) is 1. The van der Waals surface area contributed by atoms with Crippen molar-refractivity contribution < 1.29 is 18.7 Å². The van der Waals surface area contributed by atoms with Crippen LogP contribution in [0.2, 0.25) is 0 Å². The molecule has 0 unspecified atom stereocenters. The zero-order valence-electron chi connectivity index (χ0n) is 16.2. The Morgan fingerprint density at radius 3 is 2.45 bits per heavy atom. The molecule has 2 heterocycles. The SMILES string of the molecule is O=C(O)c1cn(-c2ccc(F)cc2)c2cc(-c3ccc4c(c3)CNC4)c(F)cc2c1=O. The number of benzene rings is 3.